The van der Waals surface area contributed by atoms with E-state index in [4.69, 9.17) is 17.3 Å². The molecule has 1 aliphatic carbocycles. The van der Waals surface area contributed by atoms with Crippen LogP contribution in [0.25, 0.3) is 0 Å². The summed E-state index contributed by atoms with van der Waals surface area (Å²) in [6.45, 7) is 2.17. The molecule has 0 bridgehead atoms. The zero-order chi connectivity index (χ0) is 11.8. The molecule has 0 radical (unpaired) electrons. The second-order valence-electron chi connectivity index (χ2n) is 5.19. The smallest absolute Gasteiger partial charge is 0.127 e. The van der Waals surface area contributed by atoms with E-state index in [9.17, 15) is 4.39 Å². The van der Waals surface area contributed by atoms with E-state index in [1.807, 2.05) is 0 Å². The summed E-state index contributed by atoms with van der Waals surface area (Å²) in [5.74, 6) is -0.200. The van der Waals surface area contributed by atoms with Gasteiger partial charge in [0.1, 0.15) is 5.82 Å². The number of benzene rings is 1. The van der Waals surface area contributed by atoms with Crippen molar-refractivity contribution in [2.75, 3.05) is 0 Å². The predicted octanol–water partition coefficient (Wildman–Crippen LogP) is 3.54. The fourth-order valence-corrected chi connectivity index (χ4v) is 2.89. The van der Waals surface area contributed by atoms with Crippen molar-refractivity contribution in [1.29, 1.82) is 0 Å². The Balaban J connectivity index is 2.21. The van der Waals surface area contributed by atoms with E-state index in [-0.39, 0.29) is 17.3 Å². The van der Waals surface area contributed by atoms with Gasteiger partial charge >= 0.3 is 0 Å². The molecule has 0 aliphatic heterocycles. The van der Waals surface area contributed by atoms with E-state index in [1.165, 1.54) is 6.07 Å². The molecule has 1 fully saturated rings. The third-order valence-electron chi connectivity index (χ3n) is 3.54. The van der Waals surface area contributed by atoms with Gasteiger partial charge in [-0.1, -0.05) is 24.6 Å². The summed E-state index contributed by atoms with van der Waals surface area (Å²) in [5.41, 5.74) is 6.66. The summed E-state index contributed by atoms with van der Waals surface area (Å²) < 4.78 is 13.7. The first-order valence-corrected chi connectivity index (χ1v) is 6.06. The molecule has 2 atom stereocenters. The summed E-state index contributed by atoms with van der Waals surface area (Å²) >= 11 is 6.04. The van der Waals surface area contributed by atoms with E-state index >= 15 is 0 Å². The van der Waals surface area contributed by atoms with Gasteiger partial charge in [0.05, 0.1) is 0 Å². The highest BCUT2D eigenvalue weighted by Gasteiger charge is 2.34. The Bertz CT molecular complexity index is 373. The minimum atomic E-state index is -0.200. The van der Waals surface area contributed by atoms with E-state index in [1.54, 1.807) is 12.1 Å². The normalized spacial score (nSPS) is 29.6. The molecule has 0 amide bonds. The van der Waals surface area contributed by atoms with E-state index in [2.05, 4.69) is 6.92 Å². The van der Waals surface area contributed by atoms with Gasteiger partial charge in [-0.15, -0.1) is 0 Å². The molecule has 3 heteroatoms. The Kier molecular flexibility index (Phi) is 3.22. The number of halogens is 2. The molecule has 88 valence electrons. The topological polar surface area (TPSA) is 26.0 Å². The van der Waals surface area contributed by atoms with Gasteiger partial charge in [-0.25, -0.2) is 4.39 Å². The maximum atomic E-state index is 13.7. The lowest BCUT2D eigenvalue weighted by Crippen LogP contribution is -2.21. The molecule has 1 nitrogen and oxygen atoms in total. The lowest BCUT2D eigenvalue weighted by molar-refractivity contribution is 0.324. The van der Waals surface area contributed by atoms with Crippen LogP contribution in [-0.4, -0.2) is 6.04 Å². The monoisotopic (exact) mass is 241 g/mol. The van der Waals surface area contributed by atoms with Crippen LogP contribution in [0.3, 0.4) is 0 Å². The summed E-state index contributed by atoms with van der Waals surface area (Å²) in [6, 6.07) is 5.12. The van der Waals surface area contributed by atoms with Gasteiger partial charge in [0, 0.05) is 16.6 Å². The Morgan fingerprint density at radius 3 is 2.88 bits per heavy atom. The fraction of sp³-hybridized carbons (Fsp3) is 0.538. The molecule has 2 rings (SSSR count). The van der Waals surface area contributed by atoms with Gasteiger partial charge in [0.25, 0.3) is 0 Å². The van der Waals surface area contributed by atoms with Gasteiger partial charge < -0.3 is 5.73 Å². The Morgan fingerprint density at radius 1 is 1.56 bits per heavy atom. The van der Waals surface area contributed by atoms with Crippen LogP contribution in [0.2, 0.25) is 5.02 Å². The zero-order valence-corrected chi connectivity index (χ0v) is 10.2. The third-order valence-corrected chi connectivity index (χ3v) is 3.89. The summed E-state index contributed by atoms with van der Waals surface area (Å²) in [6.07, 6.45) is 3.73. The standard InChI is InChI=1S/C13H17ClFN/c1-13(6-5-9(16)7-13)8-10-11(14)3-2-4-12(10)15/h2-4,9H,5-8,16H2,1H3. The highest BCUT2D eigenvalue weighted by molar-refractivity contribution is 6.31. The minimum Gasteiger partial charge on any atom is -0.328 e. The number of rotatable bonds is 2. The maximum Gasteiger partial charge on any atom is 0.127 e. The van der Waals surface area contributed by atoms with Crippen LogP contribution in [0.5, 0.6) is 0 Å². The largest absolute Gasteiger partial charge is 0.328 e. The first-order valence-electron chi connectivity index (χ1n) is 5.69. The average molecular weight is 242 g/mol. The summed E-state index contributed by atoms with van der Waals surface area (Å²) in [7, 11) is 0. The van der Waals surface area contributed by atoms with Gasteiger partial charge in [0.15, 0.2) is 0 Å². The van der Waals surface area contributed by atoms with Crippen LogP contribution in [0.4, 0.5) is 4.39 Å². The Hall–Kier alpha value is -0.600. The number of hydrogen-bond acceptors (Lipinski definition) is 1. The van der Waals surface area contributed by atoms with Crippen LogP contribution in [0.1, 0.15) is 31.7 Å². The summed E-state index contributed by atoms with van der Waals surface area (Å²) in [4.78, 5) is 0. The molecule has 0 saturated heterocycles. The van der Waals surface area contributed by atoms with Crippen LogP contribution in [0.15, 0.2) is 18.2 Å². The van der Waals surface area contributed by atoms with Crippen LogP contribution >= 0.6 is 11.6 Å². The first kappa shape index (κ1) is 11.9. The second-order valence-corrected chi connectivity index (χ2v) is 5.60. The number of hydrogen-bond donors (Lipinski definition) is 1. The van der Waals surface area contributed by atoms with Crippen LogP contribution in [0, 0.1) is 11.2 Å². The molecule has 16 heavy (non-hydrogen) atoms. The molecule has 2 N–H and O–H groups in total. The molecular formula is C13H17ClFN. The van der Waals surface area contributed by atoms with Crippen LogP contribution < -0.4 is 5.73 Å². The van der Waals surface area contributed by atoms with Gasteiger partial charge in [-0.2, -0.15) is 0 Å². The Labute approximate surface area is 101 Å². The summed E-state index contributed by atoms with van der Waals surface area (Å²) in [5, 5.41) is 0.529. The van der Waals surface area contributed by atoms with Crippen molar-refractivity contribution in [3.63, 3.8) is 0 Å². The lowest BCUT2D eigenvalue weighted by atomic mass is 9.82. The number of nitrogens with two attached hydrogens (primary N) is 1. The molecule has 1 aromatic rings. The molecule has 1 aliphatic rings. The van der Waals surface area contributed by atoms with E-state index < -0.39 is 0 Å². The highest BCUT2D eigenvalue weighted by Crippen LogP contribution is 2.41. The highest BCUT2D eigenvalue weighted by atomic mass is 35.5. The van der Waals surface area contributed by atoms with Gasteiger partial charge in [0.2, 0.25) is 0 Å². The third kappa shape index (κ3) is 2.38. The van der Waals surface area contributed by atoms with Crippen molar-refractivity contribution in [2.24, 2.45) is 11.1 Å². The maximum absolute atomic E-state index is 13.7. The molecular weight excluding hydrogens is 225 g/mol. The van der Waals surface area contributed by atoms with Crippen molar-refractivity contribution in [2.45, 2.75) is 38.6 Å². The SMILES string of the molecule is CC1(Cc2c(F)cccc2Cl)CCC(N)C1. The van der Waals surface area contributed by atoms with Crippen molar-refractivity contribution in [3.05, 3.63) is 34.6 Å². The molecule has 0 spiro atoms. The predicted molar refractivity (Wildman–Crippen MR) is 65.0 cm³/mol. The quantitative estimate of drug-likeness (QED) is 0.842. The first-order chi connectivity index (χ1) is 7.50. The van der Waals surface area contributed by atoms with Gasteiger partial charge in [-0.3, -0.25) is 0 Å². The van der Waals surface area contributed by atoms with Gasteiger partial charge in [-0.05, 0) is 43.2 Å². The van der Waals surface area contributed by atoms with Crippen molar-refractivity contribution in [3.8, 4) is 0 Å². The lowest BCUT2D eigenvalue weighted by Gasteiger charge is -2.24. The van der Waals surface area contributed by atoms with Crippen molar-refractivity contribution in [1.82, 2.24) is 0 Å². The molecule has 1 saturated carbocycles. The Morgan fingerprint density at radius 2 is 2.31 bits per heavy atom. The molecule has 2 unspecified atom stereocenters. The molecule has 0 heterocycles. The average Bonchev–Trinajstić information content (AvgIpc) is 2.53. The zero-order valence-electron chi connectivity index (χ0n) is 9.47. The van der Waals surface area contributed by atoms with Crippen LogP contribution in [-0.2, 0) is 6.42 Å². The molecule has 0 aromatic heterocycles. The van der Waals surface area contributed by atoms with Crippen molar-refractivity contribution < 1.29 is 4.39 Å². The van der Waals surface area contributed by atoms with E-state index in [0.29, 0.717) is 17.0 Å². The van der Waals surface area contributed by atoms with Crippen molar-refractivity contribution >= 4 is 11.6 Å². The van der Waals surface area contributed by atoms with E-state index in [0.717, 1.165) is 19.3 Å². The second kappa shape index (κ2) is 4.34. The fourth-order valence-electron chi connectivity index (χ4n) is 2.66. The molecule has 1 aromatic carbocycles. The minimum absolute atomic E-state index is 0.102.